The number of benzene rings is 1. The zero-order valence-electron chi connectivity index (χ0n) is 15.2. The van der Waals surface area contributed by atoms with Crippen molar-refractivity contribution in [1.82, 2.24) is 10.2 Å². The smallest absolute Gasteiger partial charge is 0.322 e. The van der Waals surface area contributed by atoms with Gasteiger partial charge in [-0.15, -0.1) is 0 Å². The Balaban J connectivity index is 1.48. The van der Waals surface area contributed by atoms with Crippen LogP contribution < -0.4 is 10.6 Å². The molecular formula is C20H25N3O4. The summed E-state index contributed by atoms with van der Waals surface area (Å²) in [6, 6.07) is 10.8. The van der Waals surface area contributed by atoms with Crippen LogP contribution in [0.3, 0.4) is 0 Å². The van der Waals surface area contributed by atoms with Gasteiger partial charge in [-0.25, -0.2) is 0 Å². The highest BCUT2D eigenvalue weighted by Gasteiger charge is 2.21. The molecule has 0 aliphatic carbocycles. The largest absolute Gasteiger partial charge is 0.480 e. The predicted molar refractivity (Wildman–Crippen MR) is 102 cm³/mol. The van der Waals surface area contributed by atoms with Crippen molar-refractivity contribution in [2.75, 3.05) is 31.5 Å². The number of nitrogens with zero attached hydrogens (tertiary/aromatic N) is 1. The van der Waals surface area contributed by atoms with E-state index in [1.807, 2.05) is 12.1 Å². The highest BCUT2D eigenvalue weighted by atomic mass is 16.4. The quantitative estimate of drug-likeness (QED) is 0.660. The van der Waals surface area contributed by atoms with Crippen molar-refractivity contribution < 1.29 is 19.1 Å². The van der Waals surface area contributed by atoms with E-state index in [4.69, 9.17) is 9.52 Å². The van der Waals surface area contributed by atoms with Crippen LogP contribution in [0, 0.1) is 5.92 Å². The van der Waals surface area contributed by atoms with Gasteiger partial charge in [0.05, 0.1) is 12.8 Å². The minimum atomic E-state index is -0.943. The fraction of sp³-hybridized carbons (Fsp3) is 0.400. The second-order valence-electron chi connectivity index (χ2n) is 6.86. The normalized spacial score (nSPS) is 17.4. The van der Waals surface area contributed by atoms with Gasteiger partial charge in [-0.2, -0.15) is 0 Å². The molecule has 1 atom stereocenters. The van der Waals surface area contributed by atoms with Gasteiger partial charge < -0.3 is 20.2 Å². The van der Waals surface area contributed by atoms with Crippen LogP contribution in [0.25, 0.3) is 0 Å². The van der Waals surface area contributed by atoms with E-state index < -0.39 is 5.97 Å². The number of furan rings is 1. The lowest BCUT2D eigenvalue weighted by atomic mass is 9.97. The third-order valence-corrected chi connectivity index (χ3v) is 4.68. The van der Waals surface area contributed by atoms with E-state index in [2.05, 4.69) is 15.5 Å². The molecule has 0 spiro atoms. The number of hydrogen-bond acceptors (Lipinski definition) is 5. The summed E-state index contributed by atoms with van der Waals surface area (Å²) in [7, 11) is 0. The second kappa shape index (κ2) is 9.23. The number of aliphatic carboxylic acids is 1. The summed E-state index contributed by atoms with van der Waals surface area (Å²) in [6.07, 6.45) is 3.89. The van der Waals surface area contributed by atoms with E-state index in [1.165, 1.54) is 0 Å². The zero-order valence-corrected chi connectivity index (χ0v) is 15.2. The van der Waals surface area contributed by atoms with Gasteiger partial charge in [-0.1, -0.05) is 6.07 Å². The van der Waals surface area contributed by atoms with Crippen LogP contribution in [0.1, 0.15) is 29.0 Å². The van der Waals surface area contributed by atoms with Crippen LogP contribution in [0.5, 0.6) is 0 Å². The Kier molecular flexibility index (Phi) is 6.49. The molecular weight excluding hydrogens is 346 g/mol. The highest BCUT2D eigenvalue weighted by molar-refractivity contribution is 5.95. The molecule has 0 saturated carbocycles. The number of nitrogens with one attached hydrogen (secondary N) is 2. The summed E-state index contributed by atoms with van der Waals surface area (Å²) in [5.74, 6) is 0.287. The van der Waals surface area contributed by atoms with E-state index in [0.29, 0.717) is 23.7 Å². The van der Waals surface area contributed by atoms with Crippen molar-refractivity contribution in [1.29, 1.82) is 0 Å². The molecule has 0 unspecified atom stereocenters. The number of carbonyl (C=O) groups excluding carboxylic acids is 1. The molecule has 3 rings (SSSR count). The van der Waals surface area contributed by atoms with Gasteiger partial charge in [-0.3, -0.25) is 14.5 Å². The second-order valence-corrected chi connectivity index (χ2v) is 6.86. The maximum atomic E-state index is 12.4. The van der Waals surface area contributed by atoms with Crippen LogP contribution in [0.15, 0.2) is 47.1 Å². The Labute approximate surface area is 158 Å². The fourth-order valence-electron chi connectivity index (χ4n) is 3.37. The molecule has 144 valence electrons. The third-order valence-electron chi connectivity index (χ3n) is 4.68. The number of amides is 1. The Morgan fingerprint density at radius 1 is 1.26 bits per heavy atom. The molecule has 3 N–H and O–H groups in total. The number of carboxylic acid groups (broad SMARTS) is 1. The van der Waals surface area contributed by atoms with Crippen LogP contribution in [-0.4, -0.2) is 48.1 Å². The molecule has 1 aliphatic rings. The monoisotopic (exact) mass is 371 g/mol. The van der Waals surface area contributed by atoms with Crippen molar-refractivity contribution in [2.24, 2.45) is 5.92 Å². The van der Waals surface area contributed by atoms with Crippen molar-refractivity contribution >= 4 is 17.6 Å². The first-order valence-electron chi connectivity index (χ1n) is 9.19. The Bertz CT molecular complexity index is 760. The number of likely N-dealkylation sites (tertiary alicyclic amines) is 1. The molecule has 1 aromatic carbocycles. The van der Waals surface area contributed by atoms with E-state index >= 15 is 0 Å². The number of carboxylic acids is 1. The molecule has 0 radical (unpaired) electrons. The maximum absolute atomic E-state index is 12.4. The van der Waals surface area contributed by atoms with Gasteiger partial charge in [0.25, 0.3) is 5.91 Å². The summed E-state index contributed by atoms with van der Waals surface area (Å²) in [5.41, 5.74) is 1.14. The lowest BCUT2D eigenvalue weighted by Gasteiger charge is -2.32. The average Bonchev–Trinajstić information content (AvgIpc) is 3.18. The molecule has 2 heterocycles. The molecule has 1 amide bonds. The first-order chi connectivity index (χ1) is 13.1. The van der Waals surface area contributed by atoms with E-state index in [-0.39, 0.29) is 12.5 Å². The maximum Gasteiger partial charge on any atom is 0.322 e. The minimum absolute atomic E-state index is 0.142. The van der Waals surface area contributed by atoms with Gasteiger partial charge in [0.2, 0.25) is 0 Å². The number of carbonyl (C=O) groups is 2. The van der Waals surface area contributed by atoms with Gasteiger partial charge in [0, 0.05) is 24.3 Å². The predicted octanol–water partition coefficient (Wildman–Crippen LogP) is 2.42. The van der Waals surface area contributed by atoms with Gasteiger partial charge in [-0.05, 0) is 55.6 Å². The molecule has 1 aromatic heterocycles. The third kappa shape index (κ3) is 5.86. The zero-order chi connectivity index (χ0) is 19.1. The van der Waals surface area contributed by atoms with Crippen molar-refractivity contribution in [3.05, 3.63) is 54.0 Å². The van der Waals surface area contributed by atoms with Crippen LogP contribution >= 0.6 is 0 Å². The van der Waals surface area contributed by atoms with E-state index in [9.17, 15) is 9.59 Å². The van der Waals surface area contributed by atoms with Gasteiger partial charge in [0.15, 0.2) is 0 Å². The topological polar surface area (TPSA) is 94.8 Å². The van der Waals surface area contributed by atoms with Gasteiger partial charge >= 0.3 is 5.97 Å². The standard InChI is InChI=1S/C20H25N3O4/c24-19(25)12-21-17-6-1-5-16(10-17)20(26)22-11-15-4-2-8-23(13-15)14-18-7-3-9-27-18/h1,3,5-7,9-10,15,21H,2,4,8,11-14H2,(H,22,26)(H,24,25)/t15-/m1/s1. The van der Waals surface area contributed by atoms with Crippen molar-refractivity contribution in [2.45, 2.75) is 19.4 Å². The molecule has 7 nitrogen and oxygen atoms in total. The molecule has 1 aliphatic heterocycles. The van der Waals surface area contributed by atoms with Crippen LogP contribution in [-0.2, 0) is 11.3 Å². The number of piperidine rings is 1. The van der Waals surface area contributed by atoms with E-state index in [0.717, 1.165) is 38.2 Å². The van der Waals surface area contributed by atoms with Crippen molar-refractivity contribution in [3.8, 4) is 0 Å². The van der Waals surface area contributed by atoms with Crippen LogP contribution in [0.4, 0.5) is 5.69 Å². The summed E-state index contributed by atoms with van der Waals surface area (Å²) in [6.45, 7) is 3.22. The summed E-state index contributed by atoms with van der Waals surface area (Å²) in [5, 5.41) is 14.5. The first kappa shape index (κ1) is 19.0. The van der Waals surface area contributed by atoms with Gasteiger partial charge in [0.1, 0.15) is 12.3 Å². The number of rotatable bonds is 8. The molecule has 0 bridgehead atoms. The lowest BCUT2D eigenvalue weighted by molar-refractivity contribution is -0.134. The summed E-state index contributed by atoms with van der Waals surface area (Å²) >= 11 is 0. The van der Waals surface area contributed by atoms with E-state index in [1.54, 1.807) is 30.5 Å². The number of hydrogen-bond donors (Lipinski definition) is 3. The fourth-order valence-corrected chi connectivity index (χ4v) is 3.37. The number of anilines is 1. The highest BCUT2D eigenvalue weighted by Crippen LogP contribution is 2.18. The Morgan fingerprint density at radius 2 is 2.15 bits per heavy atom. The Hall–Kier alpha value is -2.80. The lowest BCUT2D eigenvalue weighted by Crippen LogP contribution is -2.40. The molecule has 1 fully saturated rings. The average molecular weight is 371 g/mol. The minimum Gasteiger partial charge on any atom is -0.480 e. The summed E-state index contributed by atoms with van der Waals surface area (Å²) in [4.78, 5) is 25.4. The Morgan fingerprint density at radius 3 is 2.93 bits per heavy atom. The molecule has 2 aromatic rings. The summed E-state index contributed by atoms with van der Waals surface area (Å²) < 4.78 is 5.42. The molecule has 7 heteroatoms. The van der Waals surface area contributed by atoms with Crippen molar-refractivity contribution in [3.63, 3.8) is 0 Å². The SMILES string of the molecule is O=C(O)CNc1cccc(C(=O)NC[C@H]2CCCN(Cc3ccco3)C2)c1. The molecule has 1 saturated heterocycles. The molecule has 27 heavy (non-hydrogen) atoms. The van der Waals surface area contributed by atoms with Crippen LogP contribution in [0.2, 0.25) is 0 Å². The first-order valence-corrected chi connectivity index (χ1v) is 9.19.